The number of aromatic nitrogens is 2. The largest absolute Gasteiger partial charge is 0.342 e. The van der Waals surface area contributed by atoms with E-state index in [1.54, 1.807) is 0 Å². The molecule has 5 heteroatoms. The zero-order valence-corrected chi connectivity index (χ0v) is 10.7. The predicted molar refractivity (Wildman–Crippen MR) is 72.6 cm³/mol. The summed E-state index contributed by atoms with van der Waals surface area (Å²) in [5.74, 6) is 0.920. The van der Waals surface area contributed by atoms with E-state index in [-0.39, 0.29) is 5.91 Å². The molecule has 1 aromatic carbocycles. The third kappa shape index (κ3) is 3.07. The molecule has 1 aromatic heterocycles. The lowest BCUT2D eigenvalue weighted by molar-refractivity contribution is -0.116. The van der Waals surface area contributed by atoms with Gasteiger partial charge in [0, 0.05) is 12.1 Å². The topological polar surface area (TPSA) is 69.8 Å². The van der Waals surface area contributed by atoms with Crippen LogP contribution in [0.25, 0.3) is 11.0 Å². The Bertz CT molecular complexity index is 547. The molecule has 18 heavy (non-hydrogen) atoms. The molecule has 96 valence electrons. The van der Waals surface area contributed by atoms with Gasteiger partial charge < -0.3 is 15.6 Å². The number of hydrogen-bond acceptors (Lipinski definition) is 3. The van der Waals surface area contributed by atoms with Gasteiger partial charge in [0.05, 0.1) is 11.0 Å². The van der Waals surface area contributed by atoms with Crippen molar-refractivity contribution < 1.29 is 4.79 Å². The zero-order chi connectivity index (χ0) is 13.0. The highest BCUT2D eigenvalue weighted by Crippen LogP contribution is 2.17. The summed E-state index contributed by atoms with van der Waals surface area (Å²) >= 11 is 0. The molecule has 0 saturated heterocycles. The highest BCUT2D eigenvalue weighted by Gasteiger charge is 2.04. The summed E-state index contributed by atoms with van der Waals surface area (Å²) in [5, 5.41) is 5.91. The van der Waals surface area contributed by atoms with E-state index in [9.17, 15) is 4.79 Å². The number of imidazole rings is 1. The lowest BCUT2D eigenvalue weighted by atomic mass is 10.2. The molecule has 0 bridgehead atoms. The molecule has 3 N–H and O–H groups in total. The van der Waals surface area contributed by atoms with E-state index in [0.29, 0.717) is 6.42 Å². The number of amides is 1. The van der Waals surface area contributed by atoms with E-state index in [2.05, 4.69) is 20.6 Å². The van der Waals surface area contributed by atoms with E-state index in [4.69, 9.17) is 0 Å². The fourth-order valence-corrected chi connectivity index (χ4v) is 1.86. The van der Waals surface area contributed by atoms with Crippen LogP contribution in [-0.2, 0) is 4.79 Å². The predicted octanol–water partition coefficient (Wildman–Crippen LogP) is 1.81. The number of benzene rings is 1. The molecule has 0 unspecified atom stereocenters. The van der Waals surface area contributed by atoms with Crippen molar-refractivity contribution in [1.29, 1.82) is 0 Å². The average molecular weight is 246 g/mol. The number of nitrogens with one attached hydrogen (secondary N) is 3. The lowest BCUT2D eigenvalue weighted by Crippen LogP contribution is -2.15. The van der Waals surface area contributed by atoms with Gasteiger partial charge in [-0.1, -0.05) is 0 Å². The fraction of sp³-hybridized carbons (Fsp3) is 0.385. The number of aryl methyl sites for hydroxylation is 1. The van der Waals surface area contributed by atoms with Gasteiger partial charge in [0.1, 0.15) is 5.82 Å². The van der Waals surface area contributed by atoms with Crippen LogP contribution in [0.5, 0.6) is 0 Å². The van der Waals surface area contributed by atoms with E-state index < -0.39 is 0 Å². The molecule has 1 amide bonds. The number of carbonyl (C=O) groups is 1. The number of H-pyrrole nitrogens is 1. The number of anilines is 1. The van der Waals surface area contributed by atoms with Gasteiger partial charge in [-0.05, 0) is 45.1 Å². The monoisotopic (exact) mass is 246 g/mol. The van der Waals surface area contributed by atoms with Crippen LogP contribution in [0.3, 0.4) is 0 Å². The van der Waals surface area contributed by atoms with Crippen molar-refractivity contribution in [3.05, 3.63) is 24.0 Å². The molecule has 0 fully saturated rings. The van der Waals surface area contributed by atoms with Gasteiger partial charge in [-0.15, -0.1) is 0 Å². The number of nitrogens with zero attached hydrogens (tertiary/aromatic N) is 1. The van der Waals surface area contributed by atoms with Gasteiger partial charge in [-0.2, -0.15) is 0 Å². The summed E-state index contributed by atoms with van der Waals surface area (Å²) in [6, 6.07) is 5.69. The summed E-state index contributed by atoms with van der Waals surface area (Å²) in [4.78, 5) is 19.1. The molecule has 0 radical (unpaired) electrons. The second-order valence-corrected chi connectivity index (χ2v) is 4.31. The van der Waals surface area contributed by atoms with E-state index >= 15 is 0 Å². The normalized spacial score (nSPS) is 10.8. The Morgan fingerprint density at radius 3 is 3.06 bits per heavy atom. The summed E-state index contributed by atoms with van der Waals surface area (Å²) in [7, 11) is 1.88. The number of fused-ring (bicyclic) bond motifs is 1. The molecule has 2 rings (SSSR count). The zero-order valence-electron chi connectivity index (χ0n) is 10.7. The quantitative estimate of drug-likeness (QED) is 0.705. The Labute approximate surface area is 106 Å². The number of rotatable bonds is 5. The van der Waals surface area contributed by atoms with Crippen molar-refractivity contribution in [3.63, 3.8) is 0 Å². The second-order valence-electron chi connectivity index (χ2n) is 4.31. The van der Waals surface area contributed by atoms with Crippen molar-refractivity contribution in [2.24, 2.45) is 0 Å². The average Bonchev–Trinajstić information content (AvgIpc) is 2.69. The van der Waals surface area contributed by atoms with Crippen LogP contribution in [0, 0.1) is 6.92 Å². The van der Waals surface area contributed by atoms with Crippen molar-refractivity contribution >= 4 is 22.6 Å². The van der Waals surface area contributed by atoms with Crippen molar-refractivity contribution in [2.75, 3.05) is 18.9 Å². The molecule has 2 aromatic rings. The molecular formula is C13H18N4O. The molecule has 0 aliphatic heterocycles. The number of hydrogen-bond donors (Lipinski definition) is 3. The number of carbonyl (C=O) groups excluding carboxylic acids is 1. The minimum absolute atomic E-state index is 0.0424. The first-order valence-corrected chi connectivity index (χ1v) is 6.10. The van der Waals surface area contributed by atoms with Gasteiger partial charge in [0.25, 0.3) is 0 Å². The Kier molecular flexibility index (Phi) is 3.94. The molecule has 0 aliphatic carbocycles. The van der Waals surface area contributed by atoms with E-state index in [0.717, 1.165) is 35.5 Å². The highest BCUT2D eigenvalue weighted by molar-refractivity contribution is 5.93. The summed E-state index contributed by atoms with van der Waals surface area (Å²) in [6.45, 7) is 2.77. The first kappa shape index (κ1) is 12.6. The van der Waals surface area contributed by atoms with Crippen LogP contribution in [-0.4, -0.2) is 29.5 Å². The molecular weight excluding hydrogens is 228 g/mol. The molecule has 0 saturated carbocycles. The minimum Gasteiger partial charge on any atom is -0.342 e. The van der Waals surface area contributed by atoms with Gasteiger partial charge in [0.2, 0.25) is 5.91 Å². The van der Waals surface area contributed by atoms with Gasteiger partial charge in [-0.3, -0.25) is 4.79 Å². The first-order valence-electron chi connectivity index (χ1n) is 6.10. The van der Waals surface area contributed by atoms with Crippen molar-refractivity contribution in [1.82, 2.24) is 15.3 Å². The molecule has 0 spiro atoms. The van der Waals surface area contributed by atoms with Crippen molar-refractivity contribution in [2.45, 2.75) is 19.8 Å². The SMILES string of the molecule is CNCCCC(=O)Nc1ccc2nc(C)[nH]c2c1. The van der Waals surface area contributed by atoms with Gasteiger partial charge in [0.15, 0.2) is 0 Å². The van der Waals surface area contributed by atoms with E-state index in [1.807, 2.05) is 32.2 Å². The first-order chi connectivity index (χ1) is 8.69. The maximum atomic E-state index is 11.7. The third-order valence-electron chi connectivity index (χ3n) is 2.71. The summed E-state index contributed by atoms with van der Waals surface area (Å²) < 4.78 is 0. The fourth-order valence-electron chi connectivity index (χ4n) is 1.86. The third-order valence-corrected chi connectivity index (χ3v) is 2.71. The van der Waals surface area contributed by atoms with Gasteiger partial charge in [-0.25, -0.2) is 4.98 Å². The second kappa shape index (κ2) is 5.64. The van der Waals surface area contributed by atoms with Crippen LogP contribution >= 0.6 is 0 Å². The van der Waals surface area contributed by atoms with Crippen LogP contribution in [0.4, 0.5) is 5.69 Å². The number of aromatic amines is 1. The maximum Gasteiger partial charge on any atom is 0.224 e. The van der Waals surface area contributed by atoms with Crippen LogP contribution in [0.15, 0.2) is 18.2 Å². The van der Waals surface area contributed by atoms with Crippen LogP contribution in [0.2, 0.25) is 0 Å². The van der Waals surface area contributed by atoms with Gasteiger partial charge >= 0.3 is 0 Å². The standard InChI is InChI=1S/C13H18N4O/c1-9-15-11-6-5-10(8-12(11)16-9)17-13(18)4-3-7-14-2/h5-6,8,14H,3-4,7H2,1-2H3,(H,15,16)(H,17,18). The van der Waals surface area contributed by atoms with Crippen LogP contribution in [0.1, 0.15) is 18.7 Å². The summed E-state index contributed by atoms with van der Waals surface area (Å²) in [5.41, 5.74) is 2.67. The molecule has 0 atom stereocenters. The Morgan fingerprint density at radius 1 is 1.44 bits per heavy atom. The smallest absolute Gasteiger partial charge is 0.224 e. The Hall–Kier alpha value is -1.88. The lowest BCUT2D eigenvalue weighted by Gasteiger charge is -2.04. The molecule has 0 aliphatic rings. The van der Waals surface area contributed by atoms with Crippen LogP contribution < -0.4 is 10.6 Å². The molecule has 5 nitrogen and oxygen atoms in total. The van der Waals surface area contributed by atoms with Crippen molar-refractivity contribution in [3.8, 4) is 0 Å². The highest BCUT2D eigenvalue weighted by atomic mass is 16.1. The summed E-state index contributed by atoms with van der Waals surface area (Å²) in [6.07, 6.45) is 1.37. The Balaban J connectivity index is 2.00. The minimum atomic E-state index is 0.0424. The molecule has 1 heterocycles. The maximum absolute atomic E-state index is 11.7. The van der Waals surface area contributed by atoms with E-state index in [1.165, 1.54) is 0 Å². The Morgan fingerprint density at radius 2 is 2.28 bits per heavy atom.